The van der Waals surface area contributed by atoms with Crippen molar-refractivity contribution in [1.82, 2.24) is 5.32 Å². The van der Waals surface area contributed by atoms with Crippen LogP contribution < -0.4 is 16.6 Å². The fourth-order valence-corrected chi connectivity index (χ4v) is 3.25. The Kier molecular flexibility index (Phi) is 4.80. The Bertz CT molecular complexity index is 517. The first-order chi connectivity index (χ1) is 9.63. The van der Waals surface area contributed by atoms with Gasteiger partial charge < -0.3 is 10.7 Å². The quantitative estimate of drug-likeness (QED) is 0.441. The van der Waals surface area contributed by atoms with Crippen molar-refractivity contribution in [2.24, 2.45) is 5.84 Å². The highest BCUT2D eigenvalue weighted by molar-refractivity contribution is 7.99. The monoisotopic (exact) mass is 296 g/mol. The van der Waals surface area contributed by atoms with Crippen molar-refractivity contribution in [1.29, 1.82) is 0 Å². The molecule has 1 fully saturated rings. The molecule has 0 unspecified atom stereocenters. The molecule has 4 N–H and O–H groups in total. The summed E-state index contributed by atoms with van der Waals surface area (Å²) in [6.45, 7) is 0. The zero-order valence-corrected chi connectivity index (χ0v) is 11.6. The van der Waals surface area contributed by atoms with Crippen molar-refractivity contribution in [3.63, 3.8) is 0 Å². The van der Waals surface area contributed by atoms with Crippen LogP contribution in [0.25, 0.3) is 0 Å². The van der Waals surface area contributed by atoms with Crippen LogP contribution >= 0.6 is 11.8 Å². The van der Waals surface area contributed by atoms with Crippen molar-refractivity contribution in [3.05, 3.63) is 33.9 Å². The van der Waals surface area contributed by atoms with E-state index in [0.717, 1.165) is 24.3 Å². The third-order valence-electron chi connectivity index (χ3n) is 3.18. The number of para-hydroxylation sites is 1. The molecule has 1 aromatic rings. The smallest absolute Gasteiger partial charge is 0.306 e. The van der Waals surface area contributed by atoms with Gasteiger partial charge in [-0.05, 0) is 36.5 Å². The lowest BCUT2D eigenvalue weighted by Gasteiger charge is -2.22. The molecule has 0 aromatic heterocycles. The zero-order chi connectivity index (χ0) is 14.5. The number of hydrazine groups is 1. The molecular formula is C12H16N4O3S. The molecule has 2 rings (SSSR count). The van der Waals surface area contributed by atoms with E-state index in [4.69, 9.17) is 5.84 Å². The van der Waals surface area contributed by atoms with Gasteiger partial charge in [-0.25, -0.2) is 0 Å². The maximum absolute atomic E-state index is 12.2. The predicted octanol–water partition coefficient (Wildman–Crippen LogP) is 1.51. The molecule has 1 aromatic carbocycles. The Morgan fingerprint density at radius 1 is 1.40 bits per heavy atom. The summed E-state index contributed by atoms with van der Waals surface area (Å²) in [5.41, 5.74) is 2.11. The van der Waals surface area contributed by atoms with E-state index in [1.165, 1.54) is 12.1 Å². The number of nitro groups is 1. The maximum Gasteiger partial charge on any atom is 0.306 e. The van der Waals surface area contributed by atoms with Crippen molar-refractivity contribution in [2.45, 2.75) is 18.9 Å². The summed E-state index contributed by atoms with van der Waals surface area (Å²) in [6, 6.07) is 4.55. The highest BCUT2D eigenvalue weighted by atomic mass is 32.2. The van der Waals surface area contributed by atoms with Crippen LogP contribution in [0.15, 0.2) is 18.2 Å². The highest BCUT2D eigenvalue weighted by Crippen LogP contribution is 2.28. The van der Waals surface area contributed by atoms with E-state index in [0.29, 0.717) is 0 Å². The van der Waals surface area contributed by atoms with E-state index >= 15 is 0 Å². The predicted molar refractivity (Wildman–Crippen MR) is 78.7 cm³/mol. The number of hydrogen-bond donors (Lipinski definition) is 3. The minimum absolute atomic E-state index is 0.0312. The molecule has 0 bridgehead atoms. The Morgan fingerprint density at radius 2 is 2.10 bits per heavy atom. The first-order valence-corrected chi connectivity index (χ1v) is 7.41. The number of nitrogens with zero attached hydrogens (tertiary/aromatic N) is 1. The molecule has 8 heteroatoms. The van der Waals surface area contributed by atoms with Crippen LogP contribution in [0.3, 0.4) is 0 Å². The van der Waals surface area contributed by atoms with Gasteiger partial charge in [-0.2, -0.15) is 11.8 Å². The van der Waals surface area contributed by atoms with Gasteiger partial charge in [0.05, 0.1) is 4.92 Å². The molecule has 0 aliphatic carbocycles. The van der Waals surface area contributed by atoms with Gasteiger partial charge in [-0.3, -0.25) is 20.8 Å². The molecule has 1 amide bonds. The Balaban J connectivity index is 2.22. The van der Waals surface area contributed by atoms with E-state index in [9.17, 15) is 14.9 Å². The molecule has 1 saturated heterocycles. The maximum atomic E-state index is 12.2. The largest absolute Gasteiger partial charge is 0.349 e. The fraction of sp³-hybridized carbons (Fsp3) is 0.417. The average molecular weight is 296 g/mol. The Labute approximate surface area is 120 Å². The molecule has 0 spiro atoms. The molecule has 20 heavy (non-hydrogen) atoms. The summed E-state index contributed by atoms with van der Waals surface area (Å²) in [5.74, 6) is 6.82. The van der Waals surface area contributed by atoms with E-state index in [1.807, 2.05) is 11.8 Å². The van der Waals surface area contributed by atoms with E-state index in [1.54, 1.807) is 6.07 Å². The molecule has 1 aliphatic heterocycles. The third-order valence-corrected chi connectivity index (χ3v) is 4.22. The number of nitrogens with one attached hydrogen (secondary N) is 2. The standard InChI is InChI=1S/C12H16N4O3S/c13-15-10-3-1-2-9(11(10)16(18)19)12(17)14-8-4-6-20-7-5-8/h1-3,8,15H,4-7,13H2,(H,14,17). The molecule has 1 heterocycles. The number of carbonyl (C=O) groups excluding carboxylic acids is 1. The Hall–Kier alpha value is -1.80. The lowest BCUT2D eigenvalue weighted by atomic mass is 10.1. The molecule has 7 nitrogen and oxygen atoms in total. The fourth-order valence-electron chi connectivity index (χ4n) is 2.14. The highest BCUT2D eigenvalue weighted by Gasteiger charge is 2.26. The van der Waals surface area contributed by atoms with Gasteiger partial charge in [0.15, 0.2) is 0 Å². The van der Waals surface area contributed by atoms with Crippen LogP contribution in [0.1, 0.15) is 23.2 Å². The second-order valence-electron chi connectivity index (χ2n) is 4.46. The second kappa shape index (κ2) is 6.58. The number of nitro benzene ring substituents is 1. The van der Waals surface area contributed by atoms with Crippen molar-refractivity contribution in [3.8, 4) is 0 Å². The van der Waals surface area contributed by atoms with Gasteiger partial charge in [0.1, 0.15) is 11.3 Å². The van der Waals surface area contributed by atoms with E-state index < -0.39 is 10.8 Å². The topological polar surface area (TPSA) is 110 Å². The molecule has 1 aliphatic rings. The van der Waals surface area contributed by atoms with Gasteiger partial charge in [0, 0.05) is 6.04 Å². The number of carbonyl (C=O) groups is 1. The Morgan fingerprint density at radius 3 is 2.70 bits per heavy atom. The molecule has 0 saturated carbocycles. The number of anilines is 1. The van der Waals surface area contributed by atoms with Crippen LogP contribution in [-0.4, -0.2) is 28.4 Å². The van der Waals surface area contributed by atoms with Crippen LogP contribution in [0.4, 0.5) is 11.4 Å². The van der Waals surface area contributed by atoms with Gasteiger partial charge in [-0.1, -0.05) is 6.07 Å². The lowest BCUT2D eigenvalue weighted by molar-refractivity contribution is -0.384. The SMILES string of the molecule is NNc1cccc(C(=O)NC2CCSCC2)c1[N+](=O)[O-]. The summed E-state index contributed by atoms with van der Waals surface area (Å²) in [6.07, 6.45) is 1.78. The summed E-state index contributed by atoms with van der Waals surface area (Å²) in [5, 5.41) is 14.0. The van der Waals surface area contributed by atoms with Crippen LogP contribution in [0.5, 0.6) is 0 Å². The number of hydrogen-bond acceptors (Lipinski definition) is 6. The number of benzene rings is 1. The molecule has 108 valence electrons. The normalized spacial score (nSPS) is 15.7. The van der Waals surface area contributed by atoms with Gasteiger partial charge >= 0.3 is 5.69 Å². The van der Waals surface area contributed by atoms with Crippen LogP contribution in [0, 0.1) is 10.1 Å². The minimum atomic E-state index is -0.596. The number of thioether (sulfide) groups is 1. The number of amides is 1. The minimum Gasteiger partial charge on any atom is -0.349 e. The summed E-state index contributed by atoms with van der Waals surface area (Å²) < 4.78 is 0. The average Bonchev–Trinajstić information content (AvgIpc) is 2.47. The van der Waals surface area contributed by atoms with Crippen molar-refractivity contribution in [2.75, 3.05) is 16.9 Å². The molecular weight excluding hydrogens is 280 g/mol. The summed E-state index contributed by atoms with van der Waals surface area (Å²) in [7, 11) is 0. The molecule has 0 atom stereocenters. The van der Waals surface area contributed by atoms with Gasteiger partial charge in [-0.15, -0.1) is 0 Å². The summed E-state index contributed by atoms with van der Waals surface area (Å²) >= 11 is 1.85. The van der Waals surface area contributed by atoms with Crippen molar-refractivity contribution < 1.29 is 9.72 Å². The third kappa shape index (κ3) is 3.20. The number of rotatable bonds is 4. The van der Waals surface area contributed by atoms with Gasteiger partial charge in [0.25, 0.3) is 5.91 Å². The number of nitrogens with two attached hydrogens (primary N) is 1. The van der Waals surface area contributed by atoms with E-state index in [2.05, 4.69) is 10.7 Å². The first-order valence-electron chi connectivity index (χ1n) is 6.26. The second-order valence-corrected chi connectivity index (χ2v) is 5.69. The zero-order valence-electron chi connectivity index (χ0n) is 10.8. The van der Waals surface area contributed by atoms with E-state index in [-0.39, 0.29) is 23.0 Å². The van der Waals surface area contributed by atoms with Crippen LogP contribution in [-0.2, 0) is 0 Å². The van der Waals surface area contributed by atoms with Crippen LogP contribution in [0.2, 0.25) is 0 Å². The lowest BCUT2D eigenvalue weighted by Crippen LogP contribution is -2.37. The summed E-state index contributed by atoms with van der Waals surface area (Å²) in [4.78, 5) is 22.7. The van der Waals surface area contributed by atoms with Crippen molar-refractivity contribution >= 4 is 29.0 Å². The van der Waals surface area contributed by atoms with Gasteiger partial charge in [0.2, 0.25) is 0 Å². The molecule has 0 radical (unpaired) electrons. The number of nitrogen functional groups attached to an aromatic ring is 1. The first kappa shape index (κ1) is 14.6.